The third kappa shape index (κ3) is 3.01. The van der Waals surface area contributed by atoms with Gasteiger partial charge in [-0.15, -0.1) is 0 Å². The quantitative estimate of drug-likeness (QED) is 0.827. The van der Waals surface area contributed by atoms with Gasteiger partial charge in [0.25, 0.3) is 0 Å². The predicted octanol–water partition coefficient (Wildman–Crippen LogP) is 4.46. The predicted molar refractivity (Wildman–Crippen MR) is 85.2 cm³/mol. The van der Waals surface area contributed by atoms with Crippen molar-refractivity contribution in [1.29, 1.82) is 0 Å². The second-order valence-electron chi connectivity index (χ2n) is 6.52. The smallest absolute Gasteiger partial charge is 0.124 e. The average Bonchev–Trinajstić information content (AvgIpc) is 2.59. The van der Waals surface area contributed by atoms with Crippen molar-refractivity contribution in [3.63, 3.8) is 0 Å². The Kier molecular flexibility index (Phi) is 4.74. The summed E-state index contributed by atoms with van der Waals surface area (Å²) in [4.78, 5) is 0. The topological polar surface area (TPSA) is 35.2 Å². The molecule has 0 saturated heterocycles. The van der Waals surface area contributed by atoms with Gasteiger partial charge in [-0.3, -0.25) is 0 Å². The standard InChI is InChI=1S/C18H29NO/c1-5-15-7-6-9-18(19,10-8-15)17-14(3)11-13(2)12-16(17)20-4/h11-12,15H,5-10,19H2,1-4H3. The van der Waals surface area contributed by atoms with Crippen LogP contribution in [0.3, 0.4) is 0 Å². The van der Waals surface area contributed by atoms with E-state index in [1.165, 1.54) is 42.4 Å². The lowest BCUT2D eigenvalue weighted by molar-refractivity contribution is 0.340. The highest BCUT2D eigenvalue weighted by molar-refractivity contribution is 5.47. The number of aryl methyl sites for hydroxylation is 2. The molecule has 1 aliphatic carbocycles. The minimum absolute atomic E-state index is 0.215. The molecule has 0 radical (unpaired) electrons. The number of nitrogens with two attached hydrogens (primary N) is 1. The molecule has 2 atom stereocenters. The largest absolute Gasteiger partial charge is 0.496 e. The van der Waals surface area contributed by atoms with Crippen LogP contribution in [-0.2, 0) is 5.54 Å². The summed E-state index contributed by atoms with van der Waals surface area (Å²) in [5.74, 6) is 1.82. The van der Waals surface area contributed by atoms with Crippen LogP contribution in [0, 0.1) is 19.8 Å². The number of ether oxygens (including phenoxy) is 1. The lowest BCUT2D eigenvalue weighted by Crippen LogP contribution is -2.37. The Morgan fingerprint density at radius 3 is 2.65 bits per heavy atom. The molecule has 1 saturated carbocycles. The Morgan fingerprint density at radius 1 is 1.25 bits per heavy atom. The summed E-state index contributed by atoms with van der Waals surface area (Å²) >= 11 is 0. The maximum atomic E-state index is 6.84. The molecule has 2 unspecified atom stereocenters. The molecule has 1 aromatic rings. The zero-order valence-corrected chi connectivity index (χ0v) is 13.5. The first-order valence-electron chi connectivity index (χ1n) is 7.94. The Morgan fingerprint density at radius 2 is 2.00 bits per heavy atom. The minimum atomic E-state index is -0.215. The molecule has 0 aliphatic heterocycles. The Bertz CT molecular complexity index is 469. The fourth-order valence-electron chi connectivity index (χ4n) is 3.82. The van der Waals surface area contributed by atoms with Crippen LogP contribution in [0.15, 0.2) is 12.1 Å². The zero-order chi connectivity index (χ0) is 14.8. The Labute approximate surface area is 123 Å². The van der Waals surface area contributed by atoms with Crippen LogP contribution < -0.4 is 10.5 Å². The van der Waals surface area contributed by atoms with Crippen molar-refractivity contribution in [3.8, 4) is 5.75 Å². The van der Waals surface area contributed by atoms with Crippen molar-refractivity contribution >= 4 is 0 Å². The molecule has 0 bridgehead atoms. The van der Waals surface area contributed by atoms with E-state index in [1.54, 1.807) is 7.11 Å². The third-order valence-electron chi connectivity index (χ3n) is 4.97. The molecule has 0 amide bonds. The maximum absolute atomic E-state index is 6.84. The van der Waals surface area contributed by atoms with E-state index < -0.39 is 0 Å². The van der Waals surface area contributed by atoms with Crippen molar-refractivity contribution in [2.24, 2.45) is 11.7 Å². The van der Waals surface area contributed by atoms with Crippen molar-refractivity contribution in [2.45, 2.75) is 64.8 Å². The summed E-state index contributed by atoms with van der Waals surface area (Å²) in [5.41, 5.74) is 10.4. The number of rotatable bonds is 3. The normalized spacial score (nSPS) is 27.1. The van der Waals surface area contributed by atoms with Gasteiger partial charge in [0.05, 0.1) is 7.11 Å². The number of benzene rings is 1. The minimum Gasteiger partial charge on any atom is -0.496 e. The van der Waals surface area contributed by atoms with Crippen LogP contribution in [-0.4, -0.2) is 7.11 Å². The molecule has 112 valence electrons. The van der Waals surface area contributed by atoms with Crippen molar-refractivity contribution in [1.82, 2.24) is 0 Å². The first-order valence-corrected chi connectivity index (χ1v) is 7.94. The van der Waals surface area contributed by atoms with Crippen LogP contribution in [0.2, 0.25) is 0 Å². The fourth-order valence-corrected chi connectivity index (χ4v) is 3.82. The van der Waals surface area contributed by atoms with Crippen LogP contribution >= 0.6 is 0 Å². The zero-order valence-electron chi connectivity index (χ0n) is 13.5. The monoisotopic (exact) mass is 275 g/mol. The first-order chi connectivity index (χ1) is 9.50. The highest BCUT2D eigenvalue weighted by Gasteiger charge is 2.34. The third-order valence-corrected chi connectivity index (χ3v) is 4.97. The van der Waals surface area contributed by atoms with E-state index in [9.17, 15) is 0 Å². The molecule has 2 heteroatoms. The lowest BCUT2D eigenvalue weighted by Gasteiger charge is -2.32. The molecule has 20 heavy (non-hydrogen) atoms. The van der Waals surface area contributed by atoms with Crippen molar-refractivity contribution in [2.75, 3.05) is 7.11 Å². The summed E-state index contributed by atoms with van der Waals surface area (Å²) in [5, 5.41) is 0. The lowest BCUT2D eigenvalue weighted by atomic mass is 9.80. The van der Waals surface area contributed by atoms with Gasteiger partial charge in [0.15, 0.2) is 0 Å². The molecule has 1 aromatic carbocycles. The molecule has 0 spiro atoms. The molecule has 1 aliphatic rings. The van der Waals surface area contributed by atoms with Crippen molar-refractivity contribution in [3.05, 3.63) is 28.8 Å². The molecular formula is C18H29NO. The molecule has 2 nitrogen and oxygen atoms in total. The average molecular weight is 275 g/mol. The number of hydrogen-bond donors (Lipinski definition) is 1. The Balaban J connectivity index is 2.38. The van der Waals surface area contributed by atoms with Crippen molar-refractivity contribution < 1.29 is 4.74 Å². The number of hydrogen-bond acceptors (Lipinski definition) is 2. The first kappa shape index (κ1) is 15.4. The summed E-state index contributed by atoms with van der Waals surface area (Å²) in [6.45, 7) is 6.58. The second kappa shape index (κ2) is 6.17. The van der Waals surface area contributed by atoms with Crippen LogP contribution in [0.4, 0.5) is 0 Å². The van der Waals surface area contributed by atoms with E-state index in [-0.39, 0.29) is 5.54 Å². The van der Waals surface area contributed by atoms with E-state index in [0.29, 0.717) is 0 Å². The molecule has 1 fully saturated rings. The fraction of sp³-hybridized carbons (Fsp3) is 0.667. The summed E-state index contributed by atoms with van der Waals surface area (Å²) in [6.07, 6.45) is 7.22. The van der Waals surface area contributed by atoms with E-state index in [0.717, 1.165) is 24.5 Å². The van der Waals surface area contributed by atoms with Crippen LogP contribution in [0.25, 0.3) is 0 Å². The van der Waals surface area contributed by atoms with Gasteiger partial charge in [0.2, 0.25) is 0 Å². The Hall–Kier alpha value is -1.02. The summed E-state index contributed by atoms with van der Waals surface area (Å²) < 4.78 is 5.64. The molecule has 0 aromatic heterocycles. The van der Waals surface area contributed by atoms with Gasteiger partial charge < -0.3 is 10.5 Å². The highest BCUT2D eigenvalue weighted by Crippen LogP contribution is 2.42. The molecule has 2 N–H and O–H groups in total. The van der Waals surface area contributed by atoms with E-state index in [2.05, 4.69) is 32.9 Å². The van der Waals surface area contributed by atoms with Gasteiger partial charge in [-0.2, -0.15) is 0 Å². The molecular weight excluding hydrogens is 246 g/mol. The van der Waals surface area contributed by atoms with Gasteiger partial charge in [0.1, 0.15) is 5.75 Å². The molecule has 2 rings (SSSR count). The summed E-state index contributed by atoms with van der Waals surface area (Å²) in [6, 6.07) is 4.35. The van der Waals surface area contributed by atoms with E-state index >= 15 is 0 Å². The van der Waals surface area contributed by atoms with Crippen LogP contribution in [0.1, 0.15) is 62.1 Å². The van der Waals surface area contributed by atoms with Gasteiger partial charge in [-0.05, 0) is 56.2 Å². The molecule has 0 heterocycles. The SMILES string of the molecule is CCC1CCCC(N)(c2c(C)cc(C)cc2OC)CC1. The summed E-state index contributed by atoms with van der Waals surface area (Å²) in [7, 11) is 1.76. The maximum Gasteiger partial charge on any atom is 0.124 e. The van der Waals surface area contributed by atoms with Gasteiger partial charge >= 0.3 is 0 Å². The van der Waals surface area contributed by atoms with E-state index in [1.807, 2.05) is 0 Å². The highest BCUT2D eigenvalue weighted by atomic mass is 16.5. The van der Waals surface area contributed by atoms with Crippen LogP contribution in [0.5, 0.6) is 5.75 Å². The van der Waals surface area contributed by atoms with Gasteiger partial charge in [-0.25, -0.2) is 0 Å². The van der Waals surface area contributed by atoms with Gasteiger partial charge in [0, 0.05) is 11.1 Å². The van der Waals surface area contributed by atoms with Gasteiger partial charge in [-0.1, -0.05) is 32.3 Å². The number of methoxy groups -OCH3 is 1. The van der Waals surface area contributed by atoms with E-state index in [4.69, 9.17) is 10.5 Å². The second-order valence-corrected chi connectivity index (χ2v) is 6.52.